The van der Waals surface area contributed by atoms with Crippen molar-refractivity contribution in [3.05, 3.63) is 47.1 Å². The molecule has 2 saturated heterocycles. The normalized spacial score (nSPS) is 31.2. The summed E-state index contributed by atoms with van der Waals surface area (Å²) in [5, 5.41) is 42.3. The number of aromatic nitrogens is 4. The van der Waals surface area contributed by atoms with Crippen LogP contribution in [0.25, 0.3) is 11.0 Å². The fraction of sp³-hybridized carbons (Fsp3) is 0.455. The molecule has 3 aromatic heterocycles. The van der Waals surface area contributed by atoms with Gasteiger partial charge in [-0.1, -0.05) is 0 Å². The van der Waals surface area contributed by atoms with E-state index in [1.165, 1.54) is 40.0 Å². The summed E-state index contributed by atoms with van der Waals surface area (Å²) < 4.78 is 52.8. The van der Waals surface area contributed by atoms with Crippen LogP contribution in [0, 0.1) is 0 Å². The molecule has 0 radical (unpaired) electrons. The summed E-state index contributed by atoms with van der Waals surface area (Å²) in [4.78, 5) is 39.5. The van der Waals surface area contributed by atoms with Crippen LogP contribution in [-0.2, 0) is 32.0 Å². The van der Waals surface area contributed by atoms with Gasteiger partial charge in [-0.3, -0.25) is 18.4 Å². The van der Waals surface area contributed by atoms with Crippen molar-refractivity contribution in [1.82, 2.24) is 14.5 Å². The molecule has 3 aromatic rings. The number of phosphoric acid groups is 2. The quantitative estimate of drug-likeness (QED) is 0.0806. The van der Waals surface area contributed by atoms with Gasteiger partial charge in [0.05, 0.1) is 23.2 Å². The van der Waals surface area contributed by atoms with Gasteiger partial charge in [0, 0.05) is 6.07 Å². The number of amides is 1. The average Bonchev–Trinajstić information content (AvgIpc) is 3.56. The third-order valence-electron chi connectivity index (χ3n) is 6.96. The predicted octanol–water partition coefficient (Wildman–Crippen LogP) is -1.65. The molecule has 1 amide bonds. The lowest BCUT2D eigenvalue weighted by Gasteiger charge is -2.20. The number of ether oxygens (including phenoxy) is 2. The van der Waals surface area contributed by atoms with Gasteiger partial charge in [-0.25, -0.2) is 19.1 Å². The van der Waals surface area contributed by atoms with Crippen LogP contribution >= 0.6 is 31.6 Å². The van der Waals surface area contributed by atoms with E-state index < -0.39 is 83.8 Å². The summed E-state index contributed by atoms with van der Waals surface area (Å²) in [5.74, 6) is -0.625. The number of carbonyl (C=O) groups is 1. The van der Waals surface area contributed by atoms with Gasteiger partial charge in [-0.05, 0) is 28.1 Å². The number of nitrogen functional groups attached to an aromatic ring is 1. The zero-order chi connectivity index (χ0) is 32.8. The number of phosphoric ester groups is 2. The van der Waals surface area contributed by atoms with Gasteiger partial charge < -0.3 is 51.2 Å². The summed E-state index contributed by atoms with van der Waals surface area (Å²) in [6, 6.07) is 4.40. The lowest BCUT2D eigenvalue weighted by molar-refractivity contribution is -0.765. The Bertz CT molecular complexity index is 1680. The molecule has 20 nitrogen and oxygen atoms in total. The molecule has 2 aliphatic heterocycles. The fourth-order valence-electron chi connectivity index (χ4n) is 4.76. The van der Waals surface area contributed by atoms with E-state index in [1.54, 1.807) is 6.07 Å². The highest BCUT2D eigenvalue weighted by atomic mass is 79.9. The second-order valence-electron chi connectivity index (χ2n) is 9.94. The van der Waals surface area contributed by atoms with E-state index in [9.17, 15) is 44.1 Å². The predicted molar refractivity (Wildman–Crippen MR) is 149 cm³/mol. The van der Waals surface area contributed by atoms with Gasteiger partial charge in [0.15, 0.2) is 24.7 Å². The molecule has 0 aromatic carbocycles. The first kappa shape index (κ1) is 33.9. The number of anilines is 1. The van der Waals surface area contributed by atoms with Crippen LogP contribution in [0.5, 0.6) is 0 Å². The second-order valence-corrected chi connectivity index (χ2v) is 13.8. The van der Waals surface area contributed by atoms with Gasteiger partial charge in [-0.15, -0.1) is 0 Å². The van der Waals surface area contributed by atoms with E-state index in [2.05, 4.69) is 30.2 Å². The second kappa shape index (κ2) is 13.0. The molecule has 10 N–H and O–H groups in total. The number of halogens is 1. The van der Waals surface area contributed by atoms with E-state index in [1.807, 2.05) is 0 Å². The number of nitrogens with two attached hydrogens (primary N) is 2. The summed E-state index contributed by atoms with van der Waals surface area (Å²) in [6.45, 7) is -1.79. The van der Waals surface area contributed by atoms with Gasteiger partial charge in [0.2, 0.25) is 0 Å². The molecule has 246 valence electrons. The molecule has 2 aliphatic rings. The summed E-state index contributed by atoms with van der Waals surface area (Å²) in [6.07, 6.45) is -8.02. The Labute approximate surface area is 261 Å². The molecule has 5 heterocycles. The average molecular weight is 742 g/mol. The maximum atomic E-state index is 12.5. The van der Waals surface area contributed by atoms with Crippen LogP contribution in [0.4, 0.5) is 5.82 Å². The van der Waals surface area contributed by atoms with E-state index in [0.29, 0.717) is 9.99 Å². The van der Waals surface area contributed by atoms with Crippen molar-refractivity contribution < 1.29 is 71.5 Å². The largest absolute Gasteiger partial charge is 0.481 e. The molecule has 0 spiro atoms. The number of pyridine rings is 1. The zero-order valence-electron chi connectivity index (χ0n) is 22.7. The van der Waals surface area contributed by atoms with E-state index in [4.69, 9.17) is 30.0 Å². The van der Waals surface area contributed by atoms with E-state index in [-0.39, 0.29) is 17.0 Å². The number of aliphatic hydroxyl groups is 4. The van der Waals surface area contributed by atoms with Crippen LogP contribution in [-0.4, -0.2) is 100 Å². The lowest BCUT2D eigenvalue weighted by atomic mass is 10.1. The monoisotopic (exact) mass is 741 g/mol. The first-order chi connectivity index (χ1) is 21.1. The minimum atomic E-state index is -5.38. The maximum absolute atomic E-state index is 12.5. The summed E-state index contributed by atoms with van der Waals surface area (Å²) in [7, 11) is -10.7. The number of nitrogens with zero attached hydrogens (tertiary/aromatic N) is 4. The highest BCUT2D eigenvalue weighted by Crippen LogP contribution is 2.60. The molecule has 45 heavy (non-hydrogen) atoms. The first-order valence-electron chi connectivity index (χ1n) is 12.9. The molecular formula is C22H28BrN6O14P2+. The number of carbonyl (C=O) groups excluding carboxylic acids is 1. The molecular weight excluding hydrogens is 714 g/mol. The number of fused-ring (bicyclic) bond motifs is 1. The van der Waals surface area contributed by atoms with Crippen molar-refractivity contribution in [3.8, 4) is 0 Å². The number of hydrogen-bond acceptors (Lipinski definition) is 15. The van der Waals surface area contributed by atoms with E-state index in [0.717, 1.165) is 0 Å². The van der Waals surface area contributed by atoms with Crippen LogP contribution in [0.15, 0.2) is 41.5 Å². The smallest absolute Gasteiger partial charge is 0.387 e. The zero-order valence-corrected chi connectivity index (χ0v) is 26.0. The standard InChI is InChI=1S/C22H27BrN6O14P2/c23-13-4-10-18(24)26-8-27-20(10)29(13)22-17(33)15(31)12(42-22)7-40-45(37,38)43-44(35,36)39-6-11-14(30)16(32)21(41-11)28-3-1-2-9(5-28)19(25)34/h1-5,8,11-12,14-17,21-22,30-33H,6-7H2,(H5-,24,25,26,27,34,35,36,37,38)/p+1. The minimum absolute atomic E-state index is 0.0702. The Balaban J connectivity index is 1.17. The Morgan fingerprint density at radius 2 is 1.64 bits per heavy atom. The SMILES string of the molecule is NC(=O)c1ccc[n+](C2OC(COP(=O)(O)OP(=O)(O)OCC3OC(n4c(Br)cc5c(N)ncnc54)C(O)C3O)C(O)C2O)c1. The van der Waals surface area contributed by atoms with Crippen molar-refractivity contribution in [2.75, 3.05) is 18.9 Å². The van der Waals surface area contributed by atoms with Crippen LogP contribution < -0.4 is 16.0 Å². The van der Waals surface area contributed by atoms with Gasteiger partial charge in [0.25, 0.3) is 12.1 Å². The Kier molecular flexibility index (Phi) is 9.77. The van der Waals surface area contributed by atoms with E-state index >= 15 is 0 Å². The van der Waals surface area contributed by atoms with Crippen LogP contribution in [0.2, 0.25) is 0 Å². The molecule has 10 unspecified atom stereocenters. The molecule has 0 aliphatic carbocycles. The summed E-state index contributed by atoms with van der Waals surface area (Å²) >= 11 is 3.30. The number of primary amides is 1. The molecule has 23 heteroatoms. The Morgan fingerprint density at radius 1 is 1.02 bits per heavy atom. The third kappa shape index (κ3) is 7.11. The van der Waals surface area contributed by atoms with Crippen molar-refractivity contribution in [1.29, 1.82) is 0 Å². The van der Waals surface area contributed by atoms with Crippen molar-refractivity contribution in [3.63, 3.8) is 0 Å². The highest BCUT2D eigenvalue weighted by Gasteiger charge is 2.50. The Morgan fingerprint density at radius 3 is 2.29 bits per heavy atom. The highest BCUT2D eigenvalue weighted by molar-refractivity contribution is 9.10. The number of rotatable bonds is 11. The van der Waals surface area contributed by atoms with Crippen molar-refractivity contribution in [2.45, 2.75) is 49.1 Å². The Hall–Kier alpha value is -2.46. The van der Waals surface area contributed by atoms with Crippen LogP contribution in [0.3, 0.4) is 0 Å². The molecule has 10 atom stereocenters. The van der Waals surface area contributed by atoms with Crippen molar-refractivity contribution in [2.24, 2.45) is 5.73 Å². The molecule has 5 rings (SSSR count). The van der Waals surface area contributed by atoms with Crippen molar-refractivity contribution >= 4 is 54.3 Å². The topological polar surface area (TPSA) is 305 Å². The van der Waals surface area contributed by atoms with Gasteiger partial charge >= 0.3 is 15.6 Å². The maximum Gasteiger partial charge on any atom is 0.481 e. The molecule has 0 saturated carbocycles. The fourth-order valence-corrected chi connectivity index (χ4v) is 7.45. The number of hydrogen-bond donors (Lipinski definition) is 8. The van der Waals surface area contributed by atoms with Crippen LogP contribution in [0.1, 0.15) is 22.8 Å². The molecule has 0 bridgehead atoms. The molecule has 2 fully saturated rings. The van der Waals surface area contributed by atoms with Gasteiger partial charge in [-0.2, -0.15) is 8.88 Å². The van der Waals surface area contributed by atoms with Gasteiger partial charge in [0.1, 0.15) is 53.9 Å². The summed E-state index contributed by atoms with van der Waals surface area (Å²) in [5.41, 5.74) is 11.4. The lowest BCUT2D eigenvalue weighted by Crippen LogP contribution is -2.46. The minimum Gasteiger partial charge on any atom is -0.387 e. The number of aliphatic hydroxyl groups excluding tert-OH is 4. The third-order valence-corrected chi connectivity index (χ3v) is 10.2. The first-order valence-corrected chi connectivity index (χ1v) is 16.6.